The largest absolute Gasteiger partial charge is 0.376 e. The van der Waals surface area contributed by atoms with Crippen molar-refractivity contribution in [2.45, 2.75) is 18.9 Å². The number of nitrogens with one attached hydrogen (secondary N) is 2. The van der Waals surface area contributed by atoms with Gasteiger partial charge < -0.3 is 10.6 Å². The van der Waals surface area contributed by atoms with E-state index in [0.717, 1.165) is 5.56 Å². The van der Waals surface area contributed by atoms with Gasteiger partial charge in [0.2, 0.25) is 5.91 Å². The Labute approximate surface area is 130 Å². The fourth-order valence-corrected chi connectivity index (χ4v) is 2.80. The van der Waals surface area contributed by atoms with Crippen LogP contribution in [-0.4, -0.2) is 5.91 Å². The lowest BCUT2D eigenvalue weighted by Crippen LogP contribution is -2.21. The molecule has 3 nitrogen and oxygen atoms in total. The predicted octanol–water partition coefficient (Wildman–Crippen LogP) is 4.47. The van der Waals surface area contributed by atoms with Gasteiger partial charge >= 0.3 is 0 Å². The molecule has 1 unspecified atom stereocenters. The van der Waals surface area contributed by atoms with Crippen molar-refractivity contribution in [3.63, 3.8) is 0 Å². The highest BCUT2D eigenvalue weighted by Crippen LogP contribution is 2.34. The fourth-order valence-electron chi connectivity index (χ4n) is 2.45. The molecule has 2 aromatic carbocycles. The van der Waals surface area contributed by atoms with Crippen LogP contribution in [0.1, 0.15) is 24.4 Å². The molecule has 0 fully saturated rings. The van der Waals surface area contributed by atoms with Gasteiger partial charge in [-0.25, -0.2) is 4.39 Å². The molecule has 2 N–H and O–H groups in total. The van der Waals surface area contributed by atoms with E-state index in [1.54, 1.807) is 6.07 Å². The van der Waals surface area contributed by atoms with Crippen LogP contribution in [0.5, 0.6) is 0 Å². The average Bonchev–Trinajstić information content (AvgIpc) is 2.47. The van der Waals surface area contributed by atoms with Gasteiger partial charge in [-0.1, -0.05) is 30.3 Å². The zero-order chi connectivity index (χ0) is 14.8. The molecule has 1 atom stereocenters. The molecule has 0 saturated heterocycles. The summed E-state index contributed by atoms with van der Waals surface area (Å²) in [7, 11) is 0. The standard InChI is InChI=1S/C16H14BrFN2O/c17-11-8-14-15(9-12(11)18)19-13(6-7-16(21)20-14)10-4-2-1-3-5-10/h1-5,8-9,13,19H,6-7H2,(H,20,21). The van der Waals surface area contributed by atoms with Crippen molar-refractivity contribution in [3.05, 3.63) is 58.3 Å². The summed E-state index contributed by atoms with van der Waals surface area (Å²) in [6.07, 6.45) is 1.08. The van der Waals surface area contributed by atoms with Crippen LogP contribution in [0.25, 0.3) is 0 Å². The molecule has 0 radical (unpaired) electrons. The highest BCUT2D eigenvalue weighted by molar-refractivity contribution is 9.10. The van der Waals surface area contributed by atoms with Crippen molar-refractivity contribution >= 4 is 33.2 Å². The van der Waals surface area contributed by atoms with Gasteiger partial charge in [0.1, 0.15) is 5.82 Å². The Morgan fingerprint density at radius 3 is 2.67 bits per heavy atom. The maximum Gasteiger partial charge on any atom is 0.224 e. The number of hydrogen-bond acceptors (Lipinski definition) is 2. The third kappa shape index (κ3) is 3.08. The smallest absolute Gasteiger partial charge is 0.224 e. The number of amides is 1. The summed E-state index contributed by atoms with van der Waals surface area (Å²) in [5.74, 6) is -0.417. The van der Waals surface area contributed by atoms with Gasteiger partial charge in [0.25, 0.3) is 0 Å². The summed E-state index contributed by atoms with van der Waals surface area (Å²) < 4.78 is 14.1. The molecular formula is C16H14BrFN2O. The van der Waals surface area contributed by atoms with Gasteiger partial charge in [-0.05, 0) is 34.0 Å². The number of carbonyl (C=O) groups is 1. The second kappa shape index (κ2) is 5.85. The highest BCUT2D eigenvalue weighted by atomic mass is 79.9. The van der Waals surface area contributed by atoms with Crippen molar-refractivity contribution in [1.82, 2.24) is 0 Å². The van der Waals surface area contributed by atoms with Crippen LogP contribution in [-0.2, 0) is 4.79 Å². The monoisotopic (exact) mass is 348 g/mol. The highest BCUT2D eigenvalue weighted by Gasteiger charge is 2.20. The lowest BCUT2D eigenvalue weighted by atomic mass is 10.00. The lowest BCUT2D eigenvalue weighted by molar-refractivity contribution is -0.116. The molecule has 5 heteroatoms. The van der Waals surface area contributed by atoms with Gasteiger partial charge in [0, 0.05) is 12.5 Å². The van der Waals surface area contributed by atoms with E-state index < -0.39 is 0 Å². The Kier molecular flexibility index (Phi) is 3.92. The Hall–Kier alpha value is -1.88. The minimum Gasteiger partial charge on any atom is -0.376 e. The second-order valence-electron chi connectivity index (χ2n) is 5.01. The number of fused-ring (bicyclic) bond motifs is 1. The molecule has 1 amide bonds. The Balaban J connectivity index is 2.00. The van der Waals surface area contributed by atoms with Crippen molar-refractivity contribution in [2.24, 2.45) is 0 Å². The number of carbonyl (C=O) groups excluding carboxylic acids is 1. The lowest BCUT2D eigenvalue weighted by Gasteiger charge is -2.25. The molecule has 2 aromatic rings. The van der Waals surface area contributed by atoms with E-state index in [1.807, 2.05) is 30.3 Å². The Morgan fingerprint density at radius 2 is 1.90 bits per heavy atom. The first-order chi connectivity index (χ1) is 10.1. The zero-order valence-electron chi connectivity index (χ0n) is 11.2. The molecule has 0 bridgehead atoms. The van der Waals surface area contributed by atoms with E-state index in [4.69, 9.17) is 0 Å². The van der Waals surface area contributed by atoms with Gasteiger partial charge in [-0.3, -0.25) is 4.79 Å². The van der Waals surface area contributed by atoms with Crippen LogP contribution in [0.3, 0.4) is 0 Å². The van der Waals surface area contributed by atoms with Crippen LogP contribution in [0.4, 0.5) is 15.8 Å². The quantitative estimate of drug-likeness (QED) is 0.797. The minimum atomic E-state index is -0.358. The van der Waals surface area contributed by atoms with E-state index >= 15 is 0 Å². The molecule has 0 aromatic heterocycles. The van der Waals surface area contributed by atoms with Crippen LogP contribution >= 0.6 is 15.9 Å². The topological polar surface area (TPSA) is 41.1 Å². The summed E-state index contributed by atoms with van der Waals surface area (Å²) in [4.78, 5) is 11.9. The second-order valence-corrected chi connectivity index (χ2v) is 5.86. The molecule has 0 aliphatic carbocycles. The molecule has 3 rings (SSSR count). The summed E-state index contributed by atoms with van der Waals surface area (Å²) in [6.45, 7) is 0. The van der Waals surface area contributed by atoms with E-state index in [1.165, 1.54) is 6.07 Å². The molecule has 0 spiro atoms. The normalized spacial score (nSPS) is 18.0. The summed E-state index contributed by atoms with van der Waals surface area (Å²) >= 11 is 3.15. The minimum absolute atomic E-state index is 0.0171. The van der Waals surface area contributed by atoms with Crippen molar-refractivity contribution in [1.29, 1.82) is 0 Å². The zero-order valence-corrected chi connectivity index (χ0v) is 12.8. The van der Waals surface area contributed by atoms with Gasteiger partial charge in [-0.2, -0.15) is 0 Å². The number of benzene rings is 2. The van der Waals surface area contributed by atoms with Gasteiger partial charge in [-0.15, -0.1) is 0 Å². The van der Waals surface area contributed by atoms with Crippen molar-refractivity contribution in [2.75, 3.05) is 10.6 Å². The maximum atomic E-state index is 13.8. The summed E-state index contributed by atoms with van der Waals surface area (Å²) in [5, 5.41) is 6.13. The van der Waals surface area contributed by atoms with Crippen LogP contribution in [0, 0.1) is 5.82 Å². The van der Waals surface area contributed by atoms with Crippen LogP contribution in [0.15, 0.2) is 46.9 Å². The first-order valence-electron chi connectivity index (χ1n) is 6.74. The van der Waals surface area contributed by atoms with E-state index in [-0.39, 0.29) is 17.8 Å². The number of hydrogen-bond donors (Lipinski definition) is 2. The third-order valence-electron chi connectivity index (χ3n) is 3.53. The molecule has 1 aliphatic rings. The fraction of sp³-hybridized carbons (Fsp3) is 0.188. The van der Waals surface area contributed by atoms with Gasteiger partial charge in [0.15, 0.2) is 0 Å². The molecule has 1 heterocycles. The van der Waals surface area contributed by atoms with Crippen LogP contribution < -0.4 is 10.6 Å². The first-order valence-corrected chi connectivity index (χ1v) is 7.53. The van der Waals surface area contributed by atoms with Crippen LogP contribution in [0.2, 0.25) is 0 Å². The molecular weight excluding hydrogens is 335 g/mol. The Morgan fingerprint density at radius 1 is 1.14 bits per heavy atom. The maximum absolute atomic E-state index is 13.8. The molecule has 21 heavy (non-hydrogen) atoms. The van der Waals surface area contributed by atoms with Gasteiger partial charge in [0.05, 0.1) is 21.9 Å². The average molecular weight is 349 g/mol. The van der Waals surface area contributed by atoms with Crippen molar-refractivity contribution in [3.8, 4) is 0 Å². The van der Waals surface area contributed by atoms with Crippen molar-refractivity contribution < 1.29 is 9.18 Å². The molecule has 0 saturated carbocycles. The SMILES string of the molecule is O=C1CCC(c2ccccc2)Nc2cc(F)c(Br)cc2N1. The molecule has 108 valence electrons. The van der Waals surface area contributed by atoms with E-state index in [0.29, 0.717) is 28.7 Å². The first kappa shape index (κ1) is 14.1. The number of halogens is 2. The number of anilines is 2. The third-order valence-corrected chi connectivity index (χ3v) is 4.13. The van der Waals surface area contributed by atoms with E-state index in [9.17, 15) is 9.18 Å². The molecule has 1 aliphatic heterocycles. The van der Waals surface area contributed by atoms with E-state index in [2.05, 4.69) is 26.6 Å². The predicted molar refractivity (Wildman–Crippen MR) is 84.8 cm³/mol. The Bertz CT molecular complexity index is 675. The summed E-state index contributed by atoms with van der Waals surface area (Å²) in [5.41, 5.74) is 2.27. The number of rotatable bonds is 1. The summed E-state index contributed by atoms with van der Waals surface area (Å²) in [6, 6.07) is 12.8.